The zero-order valence-corrected chi connectivity index (χ0v) is 17.4. The van der Waals surface area contributed by atoms with Crippen molar-refractivity contribution in [2.24, 2.45) is 4.99 Å². The highest BCUT2D eigenvalue weighted by molar-refractivity contribution is 6.12. The highest BCUT2D eigenvalue weighted by Gasteiger charge is 2.49. The summed E-state index contributed by atoms with van der Waals surface area (Å²) in [5.41, 5.74) is 0.0203. The van der Waals surface area contributed by atoms with Crippen LogP contribution in [0.1, 0.15) is 54.0 Å². The Labute approximate surface area is 161 Å². The summed E-state index contributed by atoms with van der Waals surface area (Å²) in [5, 5.41) is 16.5. The van der Waals surface area contributed by atoms with E-state index in [0.29, 0.717) is 12.4 Å². The maximum absolute atomic E-state index is 11.1. The molecule has 0 spiro atoms. The average Bonchev–Trinajstić information content (AvgIpc) is 2.80. The van der Waals surface area contributed by atoms with E-state index in [4.69, 9.17) is 9.73 Å². The molecule has 0 aromatic heterocycles. The molecule has 2 aromatic rings. The molecule has 0 aliphatic carbocycles. The lowest BCUT2D eigenvalue weighted by Gasteiger charge is -2.37. The molecule has 4 nitrogen and oxygen atoms in total. The number of nitrogens with zero attached hydrogens (tertiary/aromatic N) is 2. The van der Waals surface area contributed by atoms with Crippen LogP contribution < -0.4 is 15.2 Å². The van der Waals surface area contributed by atoms with Gasteiger partial charge in [-0.05, 0) is 59.1 Å². The molecule has 0 bridgehead atoms. The molecule has 0 unspecified atom stereocenters. The zero-order valence-electron chi connectivity index (χ0n) is 17.4. The largest absolute Gasteiger partial charge is 0.493 e. The van der Waals surface area contributed by atoms with Crippen molar-refractivity contribution in [3.8, 4) is 5.75 Å². The van der Waals surface area contributed by atoms with Crippen molar-refractivity contribution in [1.29, 1.82) is 0 Å². The highest BCUT2D eigenvalue weighted by Crippen LogP contribution is 2.38. The molecule has 1 heterocycles. The van der Waals surface area contributed by atoms with Crippen LogP contribution in [0.15, 0.2) is 29.3 Å². The minimum atomic E-state index is -0.511. The molecule has 4 heteroatoms. The van der Waals surface area contributed by atoms with E-state index in [-0.39, 0.29) is 0 Å². The number of hydrogen-bond acceptors (Lipinski definition) is 4. The standard InChI is InChI=1S/C23H30N2O2/c1-8-15-16(9-2)20(27-10-3)18-14-12-11-13-17(18)19(15)21-24-22(4,5)23(6,7)25(21)26/h8-9,11-14,26H,10H2,1-7H3/b15-8+,16-9+. The summed E-state index contributed by atoms with van der Waals surface area (Å²) >= 11 is 0. The van der Waals surface area contributed by atoms with Crippen molar-refractivity contribution in [3.05, 3.63) is 40.3 Å². The van der Waals surface area contributed by atoms with Gasteiger partial charge >= 0.3 is 0 Å². The Bertz CT molecular complexity index is 1030. The molecular formula is C23H30N2O2. The average molecular weight is 367 g/mol. The molecule has 1 aliphatic rings. The van der Waals surface area contributed by atoms with Crippen LogP contribution in [0.3, 0.4) is 0 Å². The number of hydrogen-bond donors (Lipinski definition) is 1. The minimum absolute atomic E-state index is 0.419. The molecule has 3 rings (SSSR count). The van der Waals surface area contributed by atoms with Crippen molar-refractivity contribution in [1.82, 2.24) is 5.06 Å². The van der Waals surface area contributed by atoms with Gasteiger partial charge in [0.2, 0.25) is 0 Å². The summed E-state index contributed by atoms with van der Waals surface area (Å²) < 4.78 is 6.04. The van der Waals surface area contributed by atoms with Crippen LogP contribution in [0.2, 0.25) is 0 Å². The van der Waals surface area contributed by atoms with E-state index in [1.54, 1.807) is 0 Å². The predicted molar refractivity (Wildman–Crippen MR) is 113 cm³/mol. The Morgan fingerprint density at radius 1 is 1.04 bits per heavy atom. The summed E-state index contributed by atoms with van der Waals surface area (Å²) in [6.07, 6.45) is 4.15. The van der Waals surface area contributed by atoms with Gasteiger partial charge in [-0.15, -0.1) is 0 Å². The van der Waals surface area contributed by atoms with Gasteiger partial charge < -0.3 is 4.74 Å². The maximum Gasteiger partial charge on any atom is 0.157 e. The Hall–Kier alpha value is -2.33. The maximum atomic E-state index is 11.1. The number of amidine groups is 1. The van der Waals surface area contributed by atoms with Crippen LogP contribution in [-0.2, 0) is 0 Å². The van der Waals surface area contributed by atoms with E-state index in [1.165, 1.54) is 5.06 Å². The zero-order chi connectivity index (χ0) is 20.0. The molecular weight excluding hydrogens is 336 g/mol. The molecule has 1 N–H and O–H groups in total. The molecule has 144 valence electrons. The Morgan fingerprint density at radius 2 is 1.63 bits per heavy atom. The lowest BCUT2D eigenvalue weighted by Crippen LogP contribution is -2.52. The second-order valence-electron chi connectivity index (χ2n) is 7.95. The third-order valence-electron chi connectivity index (χ3n) is 5.95. The van der Waals surface area contributed by atoms with E-state index in [2.05, 4.69) is 38.1 Å². The number of ether oxygens (including phenoxy) is 1. The number of rotatable bonds is 3. The van der Waals surface area contributed by atoms with Crippen LogP contribution in [-0.4, -0.2) is 33.8 Å². The molecule has 2 aromatic carbocycles. The lowest BCUT2D eigenvalue weighted by molar-refractivity contribution is -0.0992. The molecule has 0 saturated heterocycles. The number of benzene rings is 2. The van der Waals surface area contributed by atoms with Gasteiger partial charge in [-0.3, -0.25) is 10.2 Å². The van der Waals surface area contributed by atoms with Crippen LogP contribution in [0.4, 0.5) is 0 Å². The van der Waals surface area contributed by atoms with Gasteiger partial charge in [0.1, 0.15) is 5.75 Å². The predicted octanol–water partition coefficient (Wildman–Crippen LogP) is 3.85. The summed E-state index contributed by atoms with van der Waals surface area (Å²) in [7, 11) is 0. The third kappa shape index (κ3) is 2.74. The number of aliphatic imine (C=N–C) groups is 1. The smallest absolute Gasteiger partial charge is 0.157 e. The van der Waals surface area contributed by atoms with Gasteiger partial charge in [0, 0.05) is 16.2 Å². The SMILES string of the molecule is C/C=c1/c(C2=NC(C)(C)C(C)(C)N2O)c2ccccc2c(OCC)/c1=C/C. The van der Waals surface area contributed by atoms with E-state index in [1.807, 2.05) is 46.8 Å². The van der Waals surface area contributed by atoms with Crippen molar-refractivity contribution >= 4 is 28.8 Å². The summed E-state index contributed by atoms with van der Waals surface area (Å²) in [5.74, 6) is 1.49. The fourth-order valence-electron chi connectivity index (χ4n) is 3.71. The van der Waals surface area contributed by atoms with Gasteiger partial charge in [-0.1, -0.05) is 36.4 Å². The van der Waals surface area contributed by atoms with Crippen molar-refractivity contribution < 1.29 is 9.94 Å². The second kappa shape index (κ2) is 6.68. The second-order valence-corrected chi connectivity index (χ2v) is 7.95. The molecule has 0 atom stereocenters. The topological polar surface area (TPSA) is 45.1 Å². The van der Waals surface area contributed by atoms with Gasteiger partial charge in [0.25, 0.3) is 0 Å². The number of hydroxylamine groups is 2. The van der Waals surface area contributed by atoms with E-state index in [9.17, 15) is 5.21 Å². The van der Waals surface area contributed by atoms with Gasteiger partial charge in [0.15, 0.2) is 5.84 Å². The molecule has 27 heavy (non-hydrogen) atoms. The highest BCUT2D eigenvalue weighted by atomic mass is 16.5. The van der Waals surface area contributed by atoms with Crippen LogP contribution >= 0.6 is 0 Å². The normalized spacial score (nSPS) is 19.7. The first-order chi connectivity index (χ1) is 12.7. The summed E-state index contributed by atoms with van der Waals surface area (Å²) in [6.45, 7) is 14.8. The quantitative estimate of drug-likeness (QED) is 0.897. The molecule has 0 amide bonds. The monoisotopic (exact) mass is 366 g/mol. The van der Waals surface area contributed by atoms with Gasteiger partial charge in [-0.25, -0.2) is 5.06 Å². The summed E-state index contributed by atoms with van der Waals surface area (Å²) in [6, 6.07) is 8.19. The first-order valence-electron chi connectivity index (χ1n) is 9.60. The van der Waals surface area contributed by atoms with E-state index < -0.39 is 11.1 Å². The van der Waals surface area contributed by atoms with Crippen LogP contribution in [0, 0.1) is 0 Å². The van der Waals surface area contributed by atoms with Gasteiger partial charge in [-0.2, -0.15) is 0 Å². The molecule has 1 aliphatic heterocycles. The van der Waals surface area contributed by atoms with E-state index >= 15 is 0 Å². The van der Waals surface area contributed by atoms with Crippen LogP contribution in [0.25, 0.3) is 22.9 Å². The van der Waals surface area contributed by atoms with E-state index in [0.717, 1.165) is 32.5 Å². The van der Waals surface area contributed by atoms with Crippen molar-refractivity contribution in [2.75, 3.05) is 6.61 Å². The Kier molecular flexibility index (Phi) is 4.81. The lowest BCUT2D eigenvalue weighted by atomic mass is 9.84. The Balaban J connectivity index is 2.51. The molecule has 0 fully saturated rings. The number of fused-ring (bicyclic) bond motifs is 1. The molecule has 0 radical (unpaired) electrons. The van der Waals surface area contributed by atoms with Crippen molar-refractivity contribution in [3.63, 3.8) is 0 Å². The van der Waals surface area contributed by atoms with Crippen LogP contribution in [0.5, 0.6) is 5.75 Å². The fraction of sp³-hybridized carbons (Fsp3) is 0.435. The first-order valence-corrected chi connectivity index (χ1v) is 9.60. The summed E-state index contributed by atoms with van der Waals surface area (Å²) in [4.78, 5) is 4.95. The fourth-order valence-corrected chi connectivity index (χ4v) is 3.71. The minimum Gasteiger partial charge on any atom is -0.493 e. The van der Waals surface area contributed by atoms with Gasteiger partial charge in [0.05, 0.1) is 17.7 Å². The van der Waals surface area contributed by atoms with Crippen molar-refractivity contribution in [2.45, 2.75) is 59.5 Å². The first kappa shape index (κ1) is 19.4. The Morgan fingerprint density at radius 3 is 2.11 bits per heavy atom. The molecule has 0 saturated carbocycles. The third-order valence-corrected chi connectivity index (χ3v) is 5.95.